The Balaban J connectivity index is 2.03. The average molecular weight is 376 g/mol. The number of amidine groups is 1. The third-order valence-electron chi connectivity index (χ3n) is 3.93. The quantitative estimate of drug-likeness (QED) is 0.885. The van der Waals surface area contributed by atoms with Crippen molar-refractivity contribution in [3.8, 4) is 11.5 Å². The van der Waals surface area contributed by atoms with Gasteiger partial charge in [0.2, 0.25) is 0 Å². The van der Waals surface area contributed by atoms with Gasteiger partial charge in [-0.15, -0.1) is 4.40 Å². The predicted octanol–water partition coefficient (Wildman–Crippen LogP) is 3.43. The Morgan fingerprint density at radius 2 is 1.73 bits per heavy atom. The van der Waals surface area contributed by atoms with Gasteiger partial charge in [0.05, 0.1) is 19.9 Å². The molecule has 8 heteroatoms. The van der Waals surface area contributed by atoms with Gasteiger partial charge >= 0.3 is 0 Å². The molecule has 136 valence electrons. The van der Waals surface area contributed by atoms with Crippen LogP contribution in [0.1, 0.15) is 12.5 Å². The van der Waals surface area contributed by atoms with Crippen molar-refractivity contribution in [3.05, 3.63) is 59.4 Å². The summed E-state index contributed by atoms with van der Waals surface area (Å²) in [5.74, 6) is 0.822. The van der Waals surface area contributed by atoms with Gasteiger partial charge in [-0.25, -0.2) is 4.39 Å². The second-order valence-corrected chi connectivity index (χ2v) is 7.11. The number of hydrogen-bond acceptors (Lipinski definition) is 5. The van der Waals surface area contributed by atoms with E-state index >= 15 is 0 Å². The van der Waals surface area contributed by atoms with E-state index in [4.69, 9.17) is 9.47 Å². The van der Waals surface area contributed by atoms with E-state index in [1.54, 1.807) is 25.1 Å². The van der Waals surface area contributed by atoms with Gasteiger partial charge in [-0.2, -0.15) is 8.42 Å². The highest BCUT2D eigenvalue weighted by Crippen LogP contribution is 2.35. The molecule has 1 aliphatic heterocycles. The maximum Gasteiger partial charge on any atom is 0.285 e. The zero-order valence-electron chi connectivity index (χ0n) is 14.4. The Kier molecular flexibility index (Phi) is 4.69. The Labute approximate surface area is 151 Å². The van der Waals surface area contributed by atoms with Crippen LogP contribution in [-0.4, -0.2) is 28.5 Å². The topological polar surface area (TPSA) is 77.0 Å². The number of benzene rings is 2. The molecular weight excluding hydrogens is 359 g/mol. The van der Waals surface area contributed by atoms with Gasteiger partial charge in [0.25, 0.3) is 10.0 Å². The predicted molar refractivity (Wildman–Crippen MR) is 98.5 cm³/mol. The van der Waals surface area contributed by atoms with Gasteiger partial charge in [0.1, 0.15) is 28.1 Å². The van der Waals surface area contributed by atoms with Crippen molar-refractivity contribution >= 4 is 26.5 Å². The van der Waals surface area contributed by atoms with Crippen LogP contribution in [-0.2, 0) is 10.0 Å². The van der Waals surface area contributed by atoms with E-state index < -0.39 is 15.8 Å². The van der Waals surface area contributed by atoms with Gasteiger partial charge in [0.15, 0.2) is 0 Å². The van der Waals surface area contributed by atoms with E-state index in [9.17, 15) is 12.8 Å². The largest absolute Gasteiger partial charge is 0.497 e. The van der Waals surface area contributed by atoms with Crippen LogP contribution in [0.2, 0.25) is 0 Å². The molecule has 0 atom stereocenters. The van der Waals surface area contributed by atoms with Crippen LogP contribution in [0.5, 0.6) is 11.5 Å². The zero-order chi connectivity index (χ0) is 18.9. The Bertz CT molecular complexity index is 1010. The summed E-state index contributed by atoms with van der Waals surface area (Å²) in [4.78, 5) is 0.0434. The standard InChI is InChI=1S/C18H17FN2O4S/c1-11-17(12-4-6-13(19)7-5-12)26(22,23)21-18(11)20-15-10-14(24-2)8-9-16(15)25-3/h4-10H,1-3H3,(H,20,21). The first-order valence-electron chi connectivity index (χ1n) is 7.67. The second-order valence-electron chi connectivity index (χ2n) is 5.57. The van der Waals surface area contributed by atoms with Crippen molar-refractivity contribution in [1.29, 1.82) is 0 Å². The fourth-order valence-corrected chi connectivity index (χ4v) is 4.09. The molecule has 26 heavy (non-hydrogen) atoms. The van der Waals surface area contributed by atoms with Crippen LogP contribution in [0.15, 0.2) is 52.4 Å². The minimum absolute atomic E-state index is 0.0434. The Morgan fingerprint density at radius 3 is 2.35 bits per heavy atom. The highest BCUT2D eigenvalue weighted by Gasteiger charge is 2.31. The molecule has 0 fully saturated rings. The first-order valence-corrected chi connectivity index (χ1v) is 9.11. The average Bonchev–Trinajstić information content (AvgIpc) is 2.84. The first kappa shape index (κ1) is 17.9. The van der Waals surface area contributed by atoms with Gasteiger partial charge in [-0.3, -0.25) is 0 Å². The number of nitrogens with one attached hydrogen (secondary N) is 1. The molecule has 0 spiro atoms. The second kappa shape index (κ2) is 6.80. The lowest BCUT2D eigenvalue weighted by molar-refractivity contribution is 0.405. The van der Waals surface area contributed by atoms with E-state index in [0.29, 0.717) is 28.3 Å². The number of halogens is 1. The van der Waals surface area contributed by atoms with E-state index in [1.807, 2.05) is 0 Å². The number of ether oxygens (including phenoxy) is 2. The summed E-state index contributed by atoms with van der Waals surface area (Å²) in [5.41, 5.74) is 1.32. The summed E-state index contributed by atoms with van der Waals surface area (Å²) >= 11 is 0. The lowest BCUT2D eigenvalue weighted by Crippen LogP contribution is -2.12. The minimum Gasteiger partial charge on any atom is -0.497 e. The molecule has 3 rings (SSSR count). The maximum absolute atomic E-state index is 13.2. The summed E-state index contributed by atoms with van der Waals surface area (Å²) in [6.45, 7) is 1.64. The summed E-state index contributed by atoms with van der Waals surface area (Å²) in [5, 5.41) is 2.99. The highest BCUT2D eigenvalue weighted by molar-refractivity contribution is 8.00. The number of nitrogens with zero attached hydrogens (tertiary/aromatic N) is 1. The number of methoxy groups -OCH3 is 2. The number of sulfonamides is 1. The molecule has 2 aromatic carbocycles. The molecule has 0 aliphatic carbocycles. The van der Waals surface area contributed by atoms with Crippen molar-refractivity contribution in [1.82, 2.24) is 0 Å². The molecule has 0 aromatic heterocycles. The number of anilines is 1. The van der Waals surface area contributed by atoms with Gasteiger partial charge in [0, 0.05) is 11.6 Å². The van der Waals surface area contributed by atoms with Crippen LogP contribution in [0.4, 0.5) is 10.1 Å². The molecule has 0 amide bonds. The molecule has 0 bridgehead atoms. The molecule has 0 saturated heterocycles. The van der Waals surface area contributed by atoms with Gasteiger partial charge in [-0.05, 0) is 36.8 Å². The normalized spacial score (nSPS) is 15.6. The van der Waals surface area contributed by atoms with E-state index in [2.05, 4.69) is 9.71 Å². The van der Waals surface area contributed by atoms with Gasteiger partial charge < -0.3 is 14.8 Å². The molecule has 6 nitrogen and oxygen atoms in total. The van der Waals surface area contributed by atoms with Crippen LogP contribution in [0, 0.1) is 5.82 Å². The Hall–Kier alpha value is -2.87. The van der Waals surface area contributed by atoms with E-state index in [-0.39, 0.29) is 10.7 Å². The van der Waals surface area contributed by atoms with Crippen molar-refractivity contribution in [2.45, 2.75) is 6.92 Å². The molecule has 1 aliphatic rings. The third-order valence-corrected chi connectivity index (χ3v) is 5.41. The minimum atomic E-state index is -3.90. The SMILES string of the molecule is COc1ccc(OC)c(NC2=NS(=O)(=O)C(c3ccc(F)cc3)=C2C)c1. The number of rotatable bonds is 4. The third kappa shape index (κ3) is 3.28. The molecule has 1 heterocycles. The van der Waals surface area contributed by atoms with Crippen molar-refractivity contribution in [2.75, 3.05) is 19.5 Å². The molecule has 0 unspecified atom stereocenters. The molecule has 0 radical (unpaired) electrons. The van der Waals surface area contributed by atoms with E-state index in [1.165, 1.54) is 38.5 Å². The fraction of sp³-hybridized carbons (Fsp3) is 0.167. The maximum atomic E-state index is 13.2. The smallest absolute Gasteiger partial charge is 0.285 e. The Morgan fingerprint density at radius 1 is 1.04 bits per heavy atom. The lowest BCUT2D eigenvalue weighted by Gasteiger charge is -2.12. The van der Waals surface area contributed by atoms with Crippen molar-refractivity contribution in [2.24, 2.45) is 4.40 Å². The van der Waals surface area contributed by atoms with Crippen molar-refractivity contribution < 1.29 is 22.3 Å². The molecule has 2 aromatic rings. The summed E-state index contributed by atoms with van der Waals surface area (Å²) in [6, 6.07) is 10.3. The van der Waals surface area contributed by atoms with Gasteiger partial charge in [-0.1, -0.05) is 12.1 Å². The molecular formula is C18H17FN2O4S. The molecule has 0 saturated carbocycles. The van der Waals surface area contributed by atoms with Crippen molar-refractivity contribution in [3.63, 3.8) is 0 Å². The van der Waals surface area contributed by atoms with Crippen LogP contribution >= 0.6 is 0 Å². The van der Waals surface area contributed by atoms with Crippen LogP contribution in [0.25, 0.3) is 4.91 Å². The summed E-state index contributed by atoms with van der Waals surface area (Å²) in [6.07, 6.45) is 0. The van der Waals surface area contributed by atoms with Crippen LogP contribution < -0.4 is 14.8 Å². The lowest BCUT2D eigenvalue weighted by atomic mass is 10.1. The highest BCUT2D eigenvalue weighted by atomic mass is 32.2. The fourth-order valence-electron chi connectivity index (χ4n) is 2.66. The number of hydrogen-bond donors (Lipinski definition) is 1. The summed E-state index contributed by atoms with van der Waals surface area (Å²) in [7, 11) is -0.861. The summed E-state index contributed by atoms with van der Waals surface area (Å²) < 4.78 is 52.4. The molecule has 1 N–H and O–H groups in total. The van der Waals surface area contributed by atoms with E-state index in [0.717, 1.165) is 0 Å². The van der Waals surface area contributed by atoms with Crippen LogP contribution in [0.3, 0.4) is 0 Å². The zero-order valence-corrected chi connectivity index (χ0v) is 15.2. The monoisotopic (exact) mass is 376 g/mol. The first-order chi connectivity index (χ1) is 12.4.